The van der Waals surface area contributed by atoms with Gasteiger partial charge in [-0.15, -0.1) is 0 Å². The summed E-state index contributed by atoms with van der Waals surface area (Å²) in [6, 6.07) is 15.5. The lowest BCUT2D eigenvalue weighted by molar-refractivity contribution is 0.0931. The summed E-state index contributed by atoms with van der Waals surface area (Å²) in [4.78, 5) is 14.6. The van der Waals surface area contributed by atoms with E-state index in [1.807, 2.05) is 67.5 Å². The molecule has 1 amide bonds. The number of anilines is 1. The van der Waals surface area contributed by atoms with Gasteiger partial charge in [-0.25, -0.2) is 0 Å². The third-order valence-corrected chi connectivity index (χ3v) is 4.49. The minimum Gasteiger partial charge on any atom is -0.378 e. The number of benzene rings is 2. The predicted octanol–water partition coefficient (Wildman–Crippen LogP) is 4.29. The van der Waals surface area contributed by atoms with E-state index < -0.39 is 0 Å². The van der Waals surface area contributed by atoms with E-state index in [2.05, 4.69) is 5.32 Å². The normalized spacial score (nSPS) is 15.1. The lowest BCUT2D eigenvalue weighted by Crippen LogP contribution is -2.30. The van der Waals surface area contributed by atoms with Crippen molar-refractivity contribution in [2.75, 3.05) is 19.0 Å². The summed E-state index contributed by atoms with van der Waals surface area (Å²) in [5.41, 5.74) is 2.83. The van der Waals surface area contributed by atoms with Crippen molar-refractivity contribution in [2.24, 2.45) is 5.92 Å². The Morgan fingerprint density at radius 3 is 2.48 bits per heavy atom. The van der Waals surface area contributed by atoms with Crippen molar-refractivity contribution >= 4 is 23.2 Å². The van der Waals surface area contributed by atoms with Crippen molar-refractivity contribution in [2.45, 2.75) is 18.9 Å². The van der Waals surface area contributed by atoms with E-state index in [4.69, 9.17) is 11.6 Å². The number of carbonyl (C=O) groups excluding carboxylic acids is 1. The number of nitrogens with one attached hydrogen (secondary N) is 1. The van der Waals surface area contributed by atoms with Crippen LogP contribution in [0.2, 0.25) is 5.02 Å². The Balaban J connectivity index is 1.79. The van der Waals surface area contributed by atoms with Crippen LogP contribution in [0, 0.1) is 5.92 Å². The molecular weight excluding hydrogens is 308 g/mol. The molecule has 1 aliphatic rings. The lowest BCUT2D eigenvalue weighted by Gasteiger charge is -2.20. The Labute approximate surface area is 142 Å². The third-order valence-electron chi connectivity index (χ3n) is 4.23. The van der Waals surface area contributed by atoms with Gasteiger partial charge in [0, 0.05) is 30.4 Å². The predicted molar refractivity (Wildman–Crippen MR) is 95.2 cm³/mol. The SMILES string of the molecule is CN(C)c1cccc(C(=O)N[C@H](c2ccc(Cl)cc2)C2CC2)c1. The molecule has 2 aromatic rings. The largest absolute Gasteiger partial charge is 0.378 e. The molecule has 0 saturated heterocycles. The van der Waals surface area contributed by atoms with E-state index in [1.165, 1.54) is 0 Å². The maximum atomic E-state index is 12.6. The zero-order valence-electron chi connectivity index (χ0n) is 13.4. The minimum atomic E-state index is -0.0273. The highest BCUT2D eigenvalue weighted by Crippen LogP contribution is 2.41. The highest BCUT2D eigenvalue weighted by molar-refractivity contribution is 6.30. The van der Waals surface area contributed by atoms with E-state index in [0.717, 1.165) is 24.1 Å². The molecule has 1 aliphatic carbocycles. The molecule has 3 nitrogen and oxygen atoms in total. The number of hydrogen-bond donors (Lipinski definition) is 1. The van der Waals surface area contributed by atoms with Crippen molar-refractivity contribution in [3.8, 4) is 0 Å². The molecule has 1 atom stereocenters. The van der Waals surface area contributed by atoms with Crippen LogP contribution in [0.1, 0.15) is 34.8 Å². The molecule has 2 aromatic carbocycles. The zero-order valence-corrected chi connectivity index (χ0v) is 14.2. The van der Waals surface area contributed by atoms with Crippen LogP contribution in [-0.4, -0.2) is 20.0 Å². The second kappa shape index (κ2) is 6.63. The smallest absolute Gasteiger partial charge is 0.251 e. The van der Waals surface area contributed by atoms with Crippen LogP contribution in [-0.2, 0) is 0 Å². The molecule has 0 unspecified atom stereocenters. The van der Waals surface area contributed by atoms with Gasteiger partial charge in [0.25, 0.3) is 5.91 Å². The second-order valence-electron chi connectivity index (χ2n) is 6.28. The monoisotopic (exact) mass is 328 g/mol. The van der Waals surface area contributed by atoms with Crippen molar-refractivity contribution < 1.29 is 4.79 Å². The number of halogens is 1. The molecule has 23 heavy (non-hydrogen) atoms. The summed E-state index contributed by atoms with van der Waals surface area (Å²) < 4.78 is 0. The van der Waals surface area contributed by atoms with Gasteiger partial charge >= 0.3 is 0 Å². The van der Waals surface area contributed by atoms with E-state index in [0.29, 0.717) is 16.5 Å². The van der Waals surface area contributed by atoms with E-state index >= 15 is 0 Å². The summed E-state index contributed by atoms with van der Waals surface area (Å²) >= 11 is 5.97. The third kappa shape index (κ3) is 3.85. The second-order valence-corrected chi connectivity index (χ2v) is 6.72. The zero-order chi connectivity index (χ0) is 16.4. The summed E-state index contributed by atoms with van der Waals surface area (Å²) in [5, 5.41) is 3.91. The molecule has 0 heterocycles. The number of carbonyl (C=O) groups is 1. The fourth-order valence-corrected chi connectivity index (χ4v) is 2.85. The standard InChI is InChI=1S/C19H21ClN2O/c1-22(2)17-5-3-4-15(12-17)19(23)21-18(13-6-7-13)14-8-10-16(20)11-9-14/h3-5,8-13,18H,6-7H2,1-2H3,(H,21,23)/t18-/m0/s1. The Bertz CT molecular complexity index is 693. The molecule has 4 heteroatoms. The molecule has 0 aliphatic heterocycles. The van der Waals surface area contributed by atoms with Crippen molar-refractivity contribution in [1.82, 2.24) is 5.32 Å². The minimum absolute atomic E-state index is 0.0273. The fourth-order valence-electron chi connectivity index (χ4n) is 2.72. The first kappa shape index (κ1) is 15.9. The molecule has 1 N–H and O–H groups in total. The molecule has 3 rings (SSSR count). The van der Waals surface area contributed by atoms with Crippen LogP contribution < -0.4 is 10.2 Å². The lowest BCUT2D eigenvalue weighted by atomic mass is 10.0. The Morgan fingerprint density at radius 1 is 1.17 bits per heavy atom. The van der Waals surface area contributed by atoms with Crippen LogP contribution in [0.4, 0.5) is 5.69 Å². The first-order chi connectivity index (χ1) is 11.0. The first-order valence-corrected chi connectivity index (χ1v) is 8.26. The average molecular weight is 329 g/mol. The van der Waals surface area contributed by atoms with Crippen LogP contribution in [0.5, 0.6) is 0 Å². The quantitative estimate of drug-likeness (QED) is 0.888. The summed E-state index contributed by atoms with van der Waals surface area (Å²) in [5.74, 6) is 0.498. The Hall–Kier alpha value is -2.00. The molecule has 0 bridgehead atoms. The van der Waals surface area contributed by atoms with Crippen molar-refractivity contribution in [3.05, 3.63) is 64.7 Å². The molecule has 1 fully saturated rings. The number of hydrogen-bond acceptors (Lipinski definition) is 2. The van der Waals surface area contributed by atoms with Crippen molar-refractivity contribution in [3.63, 3.8) is 0 Å². The topological polar surface area (TPSA) is 32.3 Å². The van der Waals surface area contributed by atoms with Gasteiger partial charge in [0.1, 0.15) is 0 Å². The summed E-state index contributed by atoms with van der Waals surface area (Å²) in [7, 11) is 3.94. The first-order valence-electron chi connectivity index (χ1n) is 7.88. The van der Waals surface area contributed by atoms with Gasteiger partial charge in [-0.1, -0.05) is 29.8 Å². The van der Waals surface area contributed by atoms with E-state index in [9.17, 15) is 4.79 Å². The molecule has 0 spiro atoms. The molecular formula is C19H21ClN2O. The Morgan fingerprint density at radius 2 is 1.87 bits per heavy atom. The number of rotatable bonds is 5. The van der Waals surface area contributed by atoms with Crippen LogP contribution in [0.3, 0.4) is 0 Å². The molecule has 0 aromatic heterocycles. The van der Waals surface area contributed by atoms with Gasteiger partial charge in [-0.2, -0.15) is 0 Å². The average Bonchev–Trinajstić information content (AvgIpc) is 3.38. The number of nitrogens with zero attached hydrogens (tertiary/aromatic N) is 1. The summed E-state index contributed by atoms with van der Waals surface area (Å²) in [6.07, 6.45) is 2.32. The van der Waals surface area contributed by atoms with Crippen molar-refractivity contribution in [1.29, 1.82) is 0 Å². The molecule has 0 radical (unpaired) electrons. The molecule has 1 saturated carbocycles. The highest BCUT2D eigenvalue weighted by Gasteiger charge is 2.33. The van der Waals surface area contributed by atoms with Gasteiger partial charge in [-0.05, 0) is 54.7 Å². The van der Waals surface area contributed by atoms with Crippen LogP contribution in [0.25, 0.3) is 0 Å². The molecule has 120 valence electrons. The maximum absolute atomic E-state index is 12.6. The Kier molecular flexibility index (Phi) is 4.58. The summed E-state index contributed by atoms with van der Waals surface area (Å²) in [6.45, 7) is 0. The van der Waals surface area contributed by atoms with Gasteiger partial charge in [0.05, 0.1) is 6.04 Å². The van der Waals surface area contributed by atoms with E-state index in [1.54, 1.807) is 0 Å². The maximum Gasteiger partial charge on any atom is 0.251 e. The van der Waals surface area contributed by atoms with Gasteiger partial charge in [-0.3, -0.25) is 4.79 Å². The van der Waals surface area contributed by atoms with E-state index in [-0.39, 0.29) is 11.9 Å². The van der Waals surface area contributed by atoms with Gasteiger partial charge < -0.3 is 10.2 Å². The van der Waals surface area contributed by atoms with Crippen LogP contribution >= 0.6 is 11.6 Å². The number of amides is 1. The van der Waals surface area contributed by atoms with Crippen LogP contribution in [0.15, 0.2) is 48.5 Å². The van der Waals surface area contributed by atoms with Gasteiger partial charge in [0.15, 0.2) is 0 Å². The van der Waals surface area contributed by atoms with Gasteiger partial charge in [0.2, 0.25) is 0 Å². The highest BCUT2D eigenvalue weighted by atomic mass is 35.5. The fraction of sp³-hybridized carbons (Fsp3) is 0.316.